The van der Waals surface area contributed by atoms with E-state index < -0.39 is 12.0 Å². The van der Waals surface area contributed by atoms with Crippen LogP contribution in [-0.2, 0) is 20.7 Å². The lowest BCUT2D eigenvalue weighted by Crippen LogP contribution is -2.37. The van der Waals surface area contributed by atoms with E-state index in [1.165, 1.54) is 18.9 Å². The van der Waals surface area contributed by atoms with Crippen molar-refractivity contribution in [1.29, 1.82) is 0 Å². The summed E-state index contributed by atoms with van der Waals surface area (Å²) in [5.74, 6) is -0.925. The van der Waals surface area contributed by atoms with Crippen LogP contribution >= 0.6 is 0 Å². The Balaban J connectivity index is 1.69. The number of hydrogen-bond donors (Lipinski definition) is 3. The van der Waals surface area contributed by atoms with E-state index in [1.807, 2.05) is 24.3 Å². The van der Waals surface area contributed by atoms with Gasteiger partial charge in [-0.15, -0.1) is 0 Å². The maximum Gasteiger partial charge on any atom is 0.374 e. The second-order valence-electron chi connectivity index (χ2n) is 6.86. The van der Waals surface area contributed by atoms with Gasteiger partial charge in [0.15, 0.2) is 0 Å². The number of hydrogen-bond acceptors (Lipinski definition) is 6. The lowest BCUT2D eigenvalue weighted by atomic mass is 10.0. The quantitative estimate of drug-likeness (QED) is 0.533. The number of anilines is 2. The zero-order valence-corrected chi connectivity index (χ0v) is 16.9. The molecule has 4 N–H and O–H groups in total. The third-order valence-electron chi connectivity index (χ3n) is 4.69. The van der Waals surface area contributed by atoms with Crippen molar-refractivity contribution in [2.45, 2.75) is 19.4 Å². The highest BCUT2D eigenvalue weighted by Crippen LogP contribution is 2.19. The number of carbonyl (C=O) groups is 3. The molecule has 0 aliphatic carbocycles. The van der Waals surface area contributed by atoms with Crippen LogP contribution in [0.1, 0.15) is 23.1 Å². The van der Waals surface area contributed by atoms with E-state index in [0.29, 0.717) is 23.1 Å². The topological polar surface area (TPSA) is 130 Å². The summed E-state index contributed by atoms with van der Waals surface area (Å²) >= 11 is 0. The third kappa shape index (κ3) is 4.64. The second-order valence-corrected chi connectivity index (χ2v) is 6.86. The Bertz CT molecular complexity index is 1110. The predicted molar refractivity (Wildman–Crippen MR) is 113 cm³/mol. The molecule has 1 atom stereocenters. The van der Waals surface area contributed by atoms with Crippen LogP contribution in [0.5, 0.6) is 0 Å². The molecule has 2 aromatic carbocycles. The van der Waals surface area contributed by atoms with Gasteiger partial charge in [0.25, 0.3) is 0 Å². The summed E-state index contributed by atoms with van der Waals surface area (Å²) < 4.78 is 4.64. The van der Waals surface area contributed by atoms with Crippen molar-refractivity contribution in [3.05, 3.63) is 53.9 Å². The summed E-state index contributed by atoms with van der Waals surface area (Å²) in [6.45, 7) is 1.48. The van der Waals surface area contributed by atoms with Crippen LogP contribution in [0.25, 0.3) is 11.0 Å². The molecule has 0 spiro atoms. The average Bonchev–Trinajstić information content (AvgIpc) is 3.16. The van der Waals surface area contributed by atoms with E-state index in [1.54, 1.807) is 25.2 Å². The highest BCUT2D eigenvalue weighted by Gasteiger charge is 2.17. The van der Waals surface area contributed by atoms with Crippen LogP contribution in [-0.4, -0.2) is 48.0 Å². The van der Waals surface area contributed by atoms with Gasteiger partial charge in [-0.05, 0) is 42.3 Å². The summed E-state index contributed by atoms with van der Waals surface area (Å²) in [5, 5.41) is 2.77. The van der Waals surface area contributed by atoms with Crippen LogP contribution < -0.4 is 16.0 Å². The number of imidazole rings is 1. The first-order valence-electron chi connectivity index (χ1n) is 9.26. The van der Waals surface area contributed by atoms with E-state index in [4.69, 9.17) is 5.73 Å². The number of ether oxygens (including phenoxy) is 1. The first kappa shape index (κ1) is 21.0. The van der Waals surface area contributed by atoms with Crippen LogP contribution in [0.4, 0.5) is 11.4 Å². The Kier molecular flexibility index (Phi) is 6.12. The van der Waals surface area contributed by atoms with Crippen molar-refractivity contribution in [3.63, 3.8) is 0 Å². The van der Waals surface area contributed by atoms with Crippen LogP contribution in [0.2, 0.25) is 0 Å². The van der Waals surface area contributed by atoms with Crippen molar-refractivity contribution in [1.82, 2.24) is 9.97 Å². The standard InChI is InChI=1S/C21H23N5O4/c1-12(27)26(2)15-6-4-5-13(9-15)10-16(22)20(28)23-14-7-8-17-18(11-14)25-19(24-17)21(29)30-3/h4-9,11,16H,10,22H2,1-3H3,(H,23,28)(H,24,25)/t16-/m0/s1. The first-order chi connectivity index (χ1) is 14.3. The highest BCUT2D eigenvalue weighted by atomic mass is 16.5. The molecular formula is C21H23N5O4. The molecule has 3 aromatic rings. The molecule has 0 saturated carbocycles. The van der Waals surface area contributed by atoms with Crippen LogP contribution in [0, 0.1) is 0 Å². The molecule has 156 valence electrons. The van der Waals surface area contributed by atoms with Crippen molar-refractivity contribution in [2.24, 2.45) is 5.73 Å². The van der Waals surface area contributed by atoms with Gasteiger partial charge in [0.1, 0.15) is 0 Å². The Morgan fingerprint density at radius 2 is 2.00 bits per heavy atom. The van der Waals surface area contributed by atoms with E-state index in [9.17, 15) is 14.4 Å². The maximum atomic E-state index is 12.5. The van der Waals surface area contributed by atoms with Gasteiger partial charge in [-0.3, -0.25) is 9.59 Å². The maximum absolute atomic E-state index is 12.5. The monoisotopic (exact) mass is 409 g/mol. The molecule has 0 unspecified atom stereocenters. The SMILES string of the molecule is COC(=O)c1nc2ccc(NC(=O)[C@@H](N)Cc3cccc(N(C)C(C)=O)c3)cc2[nH]1. The normalized spacial score (nSPS) is 11.7. The Labute approximate surface area is 173 Å². The number of esters is 1. The number of rotatable bonds is 6. The number of nitrogens with zero attached hydrogens (tertiary/aromatic N) is 2. The number of nitrogens with one attached hydrogen (secondary N) is 2. The molecule has 1 heterocycles. The number of methoxy groups -OCH3 is 1. The lowest BCUT2D eigenvalue weighted by molar-refractivity contribution is -0.117. The van der Waals surface area contributed by atoms with Gasteiger partial charge in [0.05, 0.1) is 24.2 Å². The second kappa shape index (κ2) is 8.75. The molecule has 9 heteroatoms. The van der Waals surface area contributed by atoms with Gasteiger partial charge in [-0.25, -0.2) is 9.78 Å². The first-order valence-corrected chi connectivity index (χ1v) is 9.26. The number of aromatic nitrogens is 2. The fourth-order valence-electron chi connectivity index (χ4n) is 2.94. The smallest absolute Gasteiger partial charge is 0.374 e. The lowest BCUT2D eigenvalue weighted by Gasteiger charge is -2.17. The molecule has 2 amide bonds. The molecule has 0 radical (unpaired) electrons. The summed E-state index contributed by atoms with van der Waals surface area (Å²) in [5.41, 5.74) is 9.34. The summed E-state index contributed by atoms with van der Waals surface area (Å²) in [4.78, 5) is 44.2. The highest BCUT2D eigenvalue weighted by molar-refractivity contribution is 5.97. The summed E-state index contributed by atoms with van der Waals surface area (Å²) in [6.07, 6.45) is 0.310. The zero-order chi connectivity index (χ0) is 21.8. The Morgan fingerprint density at radius 1 is 1.23 bits per heavy atom. The van der Waals surface area contributed by atoms with Gasteiger partial charge in [0.2, 0.25) is 17.6 Å². The minimum Gasteiger partial charge on any atom is -0.463 e. The van der Waals surface area contributed by atoms with Crippen LogP contribution in [0.15, 0.2) is 42.5 Å². The van der Waals surface area contributed by atoms with Crippen LogP contribution in [0.3, 0.4) is 0 Å². The fourth-order valence-corrected chi connectivity index (χ4v) is 2.94. The largest absolute Gasteiger partial charge is 0.463 e. The number of benzene rings is 2. The number of carbonyl (C=O) groups excluding carboxylic acids is 3. The van der Waals surface area contributed by atoms with Crippen molar-refractivity contribution >= 4 is 40.2 Å². The van der Waals surface area contributed by atoms with E-state index in [0.717, 1.165) is 11.3 Å². The Hall–Kier alpha value is -3.72. The number of fused-ring (bicyclic) bond motifs is 1. The Morgan fingerprint density at radius 3 is 2.70 bits per heavy atom. The molecule has 30 heavy (non-hydrogen) atoms. The number of nitrogens with two attached hydrogens (primary N) is 1. The predicted octanol–water partition coefficient (Wildman–Crippen LogP) is 1.84. The minimum atomic E-state index is -0.786. The molecule has 1 aromatic heterocycles. The molecule has 0 aliphatic rings. The van der Waals surface area contributed by atoms with Gasteiger partial charge < -0.3 is 25.7 Å². The molecule has 0 bridgehead atoms. The van der Waals surface area contributed by atoms with Gasteiger partial charge in [0, 0.05) is 25.3 Å². The third-order valence-corrected chi connectivity index (χ3v) is 4.69. The van der Waals surface area contributed by atoms with E-state index in [2.05, 4.69) is 20.0 Å². The van der Waals surface area contributed by atoms with Gasteiger partial charge >= 0.3 is 5.97 Å². The van der Waals surface area contributed by atoms with E-state index >= 15 is 0 Å². The van der Waals surface area contributed by atoms with Crippen molar-refractivity contribution in [3.8, 4) is 0 Å². The fraction of sp³-hybridized carbons (Fsp3) is 0.238. The molecule has 0 fully saturated rings. The van der Waals surface area contributed by atoms with E-state index in [-0.39, 0.29) is 17.6 Å². The van der Waals surface area contributed by atoms with Crippen molar-refractivity contribution in [2.75, 3.05) is 24.4 Å². The minimum absolute atomic E-state index is 0.0845. The van der Waals surface area contributed by atoms with Crippen molar-refractivity contribution < 1.29 is 19.1 Å². The zero-order valence-electron chi connectivity index (χ0n) is 16.9. The average molecular weight is 409 g/mol. The molecule has 0 saturated heterocycles. The number of amides is 2. The molecule has 9 nitrogen and oxygen atoms in total. The van der Waals surface area contributed by atoms with Gasteiger partial charge in [-0.2, -0.15) is 0 Å². The summed E-state index contributed by atoms with van der Waals surface area (Å²) in [6, 6.07) is 11.6. The molecular weight excluding hydrogens is 386 g/mol. The van der Waals surface area contributed by atoms with Gasteiger partial charge in [-0.1, -0.05) is 12.1 Å². The summed E-state index contributed by atoms with van der Waals surface area (Å²) in [7, 11) is 2.96. The number of aromatic amines is 1. The molecule has 0 aliphatic heterocycles. The number of H-pyrrole nitrogens is 1. The molecule has 3 rings (SSSR count).